The van der Waals surface area contributed by atoms with E-state index in [4.69, 9.17) is 14.7 Å². The molecule has 9 nitrogen and oxygen atoms in total. The quantitative estimate of drug-likeness (QED) is 0.269. The molecule has 0 spiro atoms. The van der Waals surface area contributed by atoms with E-state index in [1.165, 1.54) is 29.0 Å². The summed E-state index contributed by atoms with van der Waals surface area (Å²) >= 11 is 1.54. The van der Waals surface area contributed by atoms with Gasteiger partial charge in [-0.1, -0.05) is 13.0 Å². The topological polar surface area (TPSA) is 83.3 Å². The van der Waals surface area contributed by atoms with E-state index in [0.717, 1.165) is 65.9 Å². The molecular weight excluding hydrogens is 576 g/mol. The molecule has 2 fully saturated rings. The Hall–Kier alpha value is -2.90. The molecule has 0 N–H and O–H groups in total. The summed E-state index contributed by atoms with van der Waals surface area (Å²) in [6.45, 7) is 6.67. The highest BCUT2D eigenvalue weighted by Gasteiger charge is 2.30. The summed E-state index contributed by atoms with van der Waals surface area (Å²) in [6, 6.07) is 10.6. The first-order valence-corrected chi connectivity index (χ1v) is 17.1. The largest absolute Gasteiger partial charge is 0.379 e. The van der Waals surface area contributed by atoms with Crippen LogP contribution >= 0.6 is 11.3 Å². The van der Waals surface area contributed by atoms with Gasteiger partial charge in [-0.15, -0.1) is 11.3 Å². The summed E-state index contributed by atoms with van der Waals surface area (Å²) in [6.07, 6.45) is 4.51. The molecule has 4 aromatic rings. The third kappa shape index (κ3) is 6.09. The second kappa shape index (κ2) is 12.4. The molecule has 1 aromatic carbocycles. The molecule has 0 atom stereocenters. The smallest absolute Gasteiger partial charge is 0.215 e. The second-order valence-corrected chi connectivity index (χ2v) is 13.9. The van der Waals surface area contributed by atoms with Gasteiger partial charge in [0.1, 0.15) is 17.3 Å². The molecule has 2 aliphatic rings. The van der Waals surface area contributed by atoms with Crippen molar-refractivity contribution in [1.82, 2.24) is 23.6 Å². The highest BCUT2D eigenvalue weighted by Crippen LogP contribution is 2.35. The number of morpholine rings is 1. The van der Waals surface area contributed by atoms with E-state index in [-0.39, 0.29) is 17.5 Å². The number of aryl methyl sites for hydroxylation is 1. The predicted octanol–water partition coefficient (Wildman–Crippen LogP) is 4.77. The van der Waals surface area contributed by atoms with Crippen LogP contribution in [0.2, 0.25) is 0 Å². The van der Waals surface area contributed by atoms with Crippen LogP contribution in [0.4, 0.5) is 15.3 Å². The van der Waals surface area contributed by atoms with Crippen molar-refractivity contribution in [3.63, 3.8) is 0 Å². The number of halogens is 1. The van der Waals surface area contributed by atoms with E-state index in [0.29, 0.717) is 32.8 Å². The third-order valence-corrected chi connectivity index (χ3v) is 11.1. The van der Waals surface area contributed by atoms with Crippen LogP contribution in [0.15, 0.2) is 48.0 Å². The van der Waals surface area contributed by atoms with Crippen molar-refractivity contribution in [2.24, 2.45) is 0 Å². The van der Waals surface area contributed by atoms with Gasteiger partial charge in [0.25, 0.3) is 0 Å². The first kappa shape index (κ1) is 29.2. The number of fused-ring (bicyclic) bond motifs is 1. The van der Waals surface area contributed by atoms with E-state index in [9.17, 15) is 12.8 Å². The zero-order chi connectivity index (χ0) is 29.3. The van der Waals surface area contributed by atoms with E-state index in [1.807, 2.05) is 12.4 Å². The number of ether oxygens (including phenoxy) is 1. The minimum atomic E-state index is -3.29. The van der Waals surface area contributed by atoms with E-state index in [2.05, 4.69) is 39.5 Å². The highest BCUT2D eigenvalue weighted by atomic mass is 32.2. The van der Waals surface area contributed by atoms with Gasteiger partial charge in [0.05, 0.1) is 30.4 Å². The van der Waals surface area contributed by atoms with Gasteiger partial charge in [0.2, 0.25) is 10.0 Å². The molecule has 0 amide bonds. The van der Waals surface area contributed by atoms with Crippen LogP contribution in [0.25, 0.3) is 16.9 Å². The molecule has 42 heavy (non-hydrogen) atoms. The second-order valence-electron chi connectivity index (χ2n) is 11.0. The number of anilines is 2. The first-order valence-electron chi connectivity index (χ1n) is 14.6. The third-order valence-electron chi connectivity index (χ3n) is 8.35. The highest BCUT2D eigenvalue weighted by molar-refractivity contribution is 7.89. The SMILES string of the molecule is CCc1nc2ccc(C3CCN(S(=O)(=O)CCN4CCOCC4)CC3)cn2c1N(C)c1nc(-c2ccc(F)cc2)cs1. The molecule has 5 heterocycles. The molecule has 0 unspecified atom stereocenters. The van der Waals surface area contributed by atoms with Gasteiger partial charge in [-0.05, 0) is 61.1 Å². The summed E-state index contributed by atoms with van der Waals surface area (Å²) in [5.41, 5.74) is 4.72. The van der Waals surface area contributed by atoms with Gasteiger partial charge in [0.15, 0.2) is 5.13 Å². The Morgan fingerprint density at radius 2 is 1.79 bits per heavy atom. The Bertz CT molecular complexity index is 1620. The van der Waals surface area contributed by atoms with Gasteiger partial charge in [0, 0.05) is 56.9 Å². The fourth-order valence-electron chi connectivity index (χ4n) is 5.86. The van der Waals surface area contributed by atoms with Crippen molar-refractivity contribution in [2.45, 2.75) is 32.1 Å². The fraction of sp³-hybridized carbons (Fsp3) is 0.467. The Kier molecular flexibility index (Phi) is 8.60. The van der Waals surface area contributed by atoms with Crippen molar-refractivity contribution in [3.05, 3.63) is 65.0 Å². The number of piperidine rings is 1. The molecule has 0 aliphatic carbocycles. The first-order chi connectivity index (χ1) is 20.3. The molecule has 12 heteroatoms. The Labute approximate surface area is 250 Å². The molecule has 2 aliphatic heterocycles. The number of hydrogen-bond acceptors (Lipinski definition) is 8. The lowest BCUT2D eigenvalue weighted by Gasteiger charge is -2.32. The average molecular weight is 613 g/mol. The van der Waals surface area contributed by atoms with Crippen molar-refractivity contribution >= 4 is 38.0 Å². The maximum atomic E-state index is 13.4. The number of nitrogens with zero attached hydrogens (tertiary/aromatic N) is 6. The lowest BCUT2D eigenvalue weighted by molar-refractivity contribution is 0.0406. The summed E-state index contributed by atoms with van der Waals surface area (Å²) in [5, 5.41) is 2.81. The number of hydrogen-bond donors (Lipinski definition) is 0. The molecule has 0 radical (unpaired) electrons. The van der Waals surface area contributed by atoms with Crippen molar-refractivity contribution in [2.75, 3.05) is 63.6 Å². The minimum absolute atomic E-state index is 0.160. The number of thiazole rings is 1. The number of benzene rings is 1. The lowest BCUT2D eigenvalue weighted by Crippen LogP contribution is -2.44. The molecule has 3 aromatic heterocycles. The number of pyridine rings is 1. The molecule has 224 valence electrons. The van der Waals surface area contributed by atoms with E-state index >= 15 is 0 Å². The van der Waals surface area contributed by atoms with E-state index < -0.39 is 10.0 Å². The Morgan fingerprint density at radius 1 is 1.05 bits per heavy atom. The van der Waals surface area contributed by atoms with Gasteiger partial charge in [-0.3, -0.25) is 9.30 Å². The number of aromatic nitrogens is 3. The average Bonchev–Trinajstić information content (AvgIpc) is 3.66. The molecule has 0 saturated carbocycles. The van der Waals surface area contributed by atoms with Crippen molar-refractivity contribution in [3.8, 4) is 11.3 Å². The molecule has 2 saturated heterocycles. The molecule has 0 bridgehead atoms. The van der Waals surface area contributed by atoms with Gasteiger partial charge in [-0.25, -0.2) is 27.1 Å². The van der Waals surface area contributed by atoms with Crippen LogP contribution in [0.3, 0.4) is 0 Å². The van der Waals surface area contributed by atoms with Crippen LogP contribution < -0.4 is 4.90 Å². The normalized spacial score (nSPS) is 17.7. The summed E-state index contributed by atoms with van der Waals surface area (Å²) in [5.74, 6) is 1.14. The fourth-order valence-corrected chi connectivity index (χ4v) is 8.17. The zero-order valence-corrected chi connectivity index (χ0v) is 25.7. The number of rotatable bonds is 9. The maximum absolute atomic E-state index is 13.4. The van der Waals surface area contributed by atoms with Crippen LogP contribution in [-0.4, -0.2) is 90.7 Å². The van der Waals surface area contributed by atoms with Crippen molar-refractivity contribution < 1.29 is 17.5 Å². The van der Waals surface area contributed by atoms with Gasteiger partial charge < -0.3 is 9.64 Å². The molecular formula is C30H37FN6O3S2. The summed E-state index contributed by atoms with van der Waals surface area (Å²) in [4.78, 5) is 14.0. The standard InChI is InChI=1S/C30H37FN6O3S2/c1-3-26-29(34(2)30-33-27(21-41-30)23-4-7-25(31)8-5-23)37-20-24(6-9-28(37)32-26)22-10-12-36(13-11-22)42(38,39)19-16-35-14-17-40-18-15-35/h4-9,20-22H,3,10-19H2,1-2H3. The Morgan fingerprint density at radius 3 is 2.50 bits per heavy atom. The number of sulfonamides is 1. The maximum Gasteiger partial charge on any atom is 0.215 e. The van der Waals surface area contributed by atoms with Crippen molar-refractivity contribution in [1.29, 1.82) is 0 Å². The Balaban J connectivity index is 1.18. The van der Waals surface area contributed by atoms with Crippen LogP contribution in [-0.2, 0) is 21.2 Å². The molecule has 6 rings (SSSR count). The van der Waals surface area contributed by atoms with E-state index in [1.54, 1.807) is 16.4 Å². The monoisotopic (exact) mass is 612 g/mol. The summed E-state index contributed by atoms with van der Waals surface area (Å²) < 4.78 is 48.8. The van der Waals surface area contributed by atoms with Gasteiger partial charge in [-0.2, -0.15) is 0 Å². The minimum Gasteiger partial charge on any atom is -0.379 e. The van der Waals surface area contributed by atoms with Crippen LogP contribution in [0.1, 0.15) is 36.9 Å². The summed E-state index contributed by atoms with van der Waals surface area (Å²) in [7, 11) is -1.28. The van der Waals surface area contributed by atoms with Crippen LogP contribution in [0, 0.1) is 5.82 Å². The van der Waals surface area contributed by atoms with Gasteiger partial charge >= 0.3 is 0 Å². The predicted molar refractivity (Wildman–Crippen MR) is 165 cm³/mol. The van der Waals surface area contributed by atoms with Crippen LogP contribution in [0.5, 0.6) is 0 Å². The lowest BCUT2D eigenvalue weighted by atomic mass is 9.91. The zero-order valence-electron chi connectivity index (χ0n) is 24.1. The number of imidazole rings is 1.